The Labute approximate surface area is 104 Å². The summed E-state index contributed by atoms with van der Waals surface area (Å²) in [7, 11) is 0. The Morgan fingerprint density at radius 3 is 1.88 bits per heavy atom. The van der Waals surface area contributed by atoms with Crippen LogP contribution in [0.5, 0.6) is 0 Å². The lowest BCUT2D eigenvalue weighted by molar-refractivity contribution is 0.145. The van der Waals surface area contributed by atoms with Crippen molar-refractivity contribution in [3.05, 3.63) is 0 Å². The lowest BCUT2D eigenvalue weighted by Gasteiger charge is -2.33. The molecule has 0 N–H and O–H groups in total. The number of hydrogen-bond donors (Lipinski definition) is 0. The summed E-state index contributed by atoms with van der Waals surface area (Å²) < 4.78 is 0. The number of rotatable bonds is 9. The highest BCUT2D eigenvalue weighted by Crippen LogP contribution is 2.21. The van der Waals surface area contributed by atoms with E-state index in [9.17, 15) is 0 Å². The van der Waals surface area contributed by atoms with E-state index in [1.165, 1.54) is 38.8 Å². The van der Waals surface area contributed by atoms with Crippen molar-refractivity contribution in [1.29, 1.82) is 0 Å². The predicted octanol–water partition coefficient (Wildman–Crippen LogP) is 4.57. The van der Waals surface area contributed by atoms with Gasteiger partial charge in [0.25, 0.3) is 0 Å². The highest BCUT2D eigenvalue weighted by Gasteiger charge is 2.19. The van der Waals surface area contributed by atoms with E-state index in [1.54, 1.807) is 0 Å². The largest absolute Gasteiger partial charge is 0.300 e. The zero-order chi connectivity index (χ0) is 12.6. The van der Waals surface area contributed by atoms with Gasteiger partial charge in [0.2, 0.25) is 0 Å². The normalized spacial score (nSPS) is 17.4. The fourth-order valence-corrected chi connectivity index (χ4v) is 2.38. The number of hydrogen-bond acceptors (Lipinski definition) is 1. The van der Waals surface area contributed by atoms with Gasteiger partial charge >= 0.3 is 0 Å². The number of nitrogens with zero attached hydrogens (tertiary/aromatic N) is 1. The van der Waals surface area contributed by atoms with Crippen molar-refractivity contribution in [3.63, 3.8) is 0 Å². The molecule has 0 aliphatic heterocycles. The standard InChI is InChI=1S/C15H33N/c1-7-11-16(14(6)9-3)12-15(10-4)13(5)8-2/h13-15H,7-12H2,1-6H3. The quantitative estimate of drug-likeness (QED) is 0.558. The molecule has 0 saturated carbocycles. The molecule has 0 aliphatic rings. The summed E-state index contributed by atoms with van der Waals surface area (Å²) in [5.41, 5.74) is 0. The van der Waals surface area contributed by atoms with Crippen LogP contribution in [0.3, 0.4) is 0 Å². The minimum atomic E-state index is 0.748. The van der Waals surface area contributed by atoms with Gasteiger partial charge in [-0.05, 0) is 38.1 Å². The molecule has 0 bridgehead atoms. The summed E-state index contributed by atoms with van der Waals surface area (Å²) in [5, 5.41) is 0. The van der Waals surface area contributed by atoms with E-state index in [2.05, 4.69) is 46.4 Å². The third kappa shape index (κ3) is 5.34. The van der Waals surface area contributed by atoms with Crippen molar-refractivity contribution in [2.24, 2.45) is 11.8 Å². The molecule has 0 rings (SSSR count). The van der Waals surface area contributed by atoms with Crippen LogP contribution in [0.15, 0.2) is 0 Å². The average molecular weight is 227 g/mol. The van der Waals surface area contributed by atoms with E-state index in [-0.39, 0.29) is 0 Å². The van der Waals surface area contributed by atoms with E-state index < -0.39 is 0 Å². The van der Waals surface area contributed by atoms with Gasteiger partial charge in [-0.15, -0.1) is 0 Å². The first kappa shape index (κ1) is 16.0. The summed E-state index contributed by atoms with van der Waals surface area (Å²) in [5.74, 6) is 1.75. The van der Waals surface area contributed by atoms with Gasteiger partial charge in [-0.25, -0.2) is 0 Å². The van der Waals surface area contributed by atoms with Gasteiger partial charge in [0.1, 0.15) is 0 Å². The first-order chi connectivity index (χ1) is 7.60. The van der Waals surface area contributed by atoms with Gasteiger partial charge in [-0.3, -0.25) is 0 Å². The van der Waals surface area contributed by atoms with E-state index >= 15 is 0 Å². The highest BCUT2D eigenvalue weighted by atomic mass is 15.1. The molecule has 0 heterocycles. The second-order valence-electron chi connectivity index (χ2n) is 5.31. The zero-order valence-corrected chi connectivity index (χ0v) is 12.4. The molecule has 0 saturated heterocycles. The third-order valence-corrected chi connectivity index (χ3v) is 4.17. The minimum absolute atomic E-state index is 0.748. The molecule has 0 aromatic rings. The molecule has 0 aromatic heterocycles. The van der Waals surface area contributed by atoms with Crippen molar-refractivity contribution in [1.82, 2.24) is 4.90 Å². The summed E-state index contributed by atoms with van der Waals surface area (Å²) in [6, 6.07) is 0.748. The Bertz CT molecular complexity index is 156. The molecule has 0 fully saturated rings. The molecule has 16 heavy (non-hydrogen) atoms. The molecular weight excluding hydrogens is 194 g/mol. The minimum Gasteiger partial charge on any atom is -0.300 e. The van der Waals surface area contributed by atoms with Crippen LogP contribution in [0.25, 0.3) is 0 Å². The van der Waals surface area contributed by atoms with Crippen molar-refractivity contribution in [2.45, 2.75) is 73.3 Å². The summed E-state index contributed by atoms with van der Waals surface area (Å²) in [6.45, 7) is 16.6. The monoisotopic (exact) mass is 227 g/mol. The SMILES string of the molecule is CCCN(CC(CC)C(C)CC)C(C)CC. The molecule has 0 aromatic carbocycles. The van der Waals surface area contributed by atoms with E-state index in [4.69, 9.17) is 0 Å². The Kier molecular flexibility index (Phi) is 9.02. The van der Waals surface area contributed by atoms with Gasteiger partial charge < -0.3 is 4.90 Å². The van der Waals surface area contributed by atoms with Crippen LogP contribution >= 0.6 is 0 Å². The Morgan fingerprint density at radius 2 is 1.50 bits per heavy atom. The lowest BCUT2D eigenvalue weighted by Crippen LogP contribution is -2.38. The highest BCUT2D eigenvalue weighted by molar-refractivity contribution is 4.73. The van der Waals surface area contributed by atoms with Crippen molar-refractivity contribution in [3.8, 4) is 0 Å². The molecule has 0 spiro atoms. The topological polar surface area (TPSA) is 3.24 Å². The molecular formula is C15H33N. The maximum atomic E-state index is 2.69. The summed E-state index contributed by atoms with van der Waals surface area (Å²) >= 11 is 0. The van der Waals surface area contributed by atoms with E-state index in [0.29, 0.717) is 0 Å². The maximum absolute atomic E-state index is 2.69. The van der Waals surface area contributed by atoms with Crippen LogP contribution in [0, 0.1) is 11.8 Å². The van der Waals surface area contributed by atoms with Gasteiger partial charge in [0, 0.05) is 12.6 Å². The average Bonchev–Trinajstić information content (AvgIpc) is 2.32. The fourth-order valence-electron chi connectivity index (χ4n) is 2.38. The summed E-state index contributed by atoms with van der Waals surface area (Å²) in [4.78, 5) is 2.69. The predicted molar refractivity (Wildman–Crippen MR) is 74.9 cm³/mol. The van der Waals surface area contributed by atoms with Crippen LogP contribution in [-0.2, 0) is 0 Å². The maximum Gasteiger partial charge on any atom is 0.00644 e. The van der Waals surface area contributed by atoms with Gasteiger partial charge in [-0.2, -0.15) is 0 Å². The van der Waals surface area contributed by atoms with Crippen LogP contribution in [0.1, 0.15) is 67.2 Å². The van der Waals surface area contributed by atoms with Crippen LogP contribution in [0.2, 0.25) is 0 Å². The second kappa shape index (κ2) is 9.04. The Balaban J connectivity index is 4.33. The van der Waals surface area contributed by atoms with E-state index in [0.717, 1.165) is 17.9 Å². The second-order valence-corrected chi connectivity index (χ2v) is 5.31. The molecule has 3 unspecified atom stereocenters. The first-order valence-electron chi connectivity index (χ1n) is 7.34. The Hall–Kier alpha value is -0.0400. The smallest absolute Gasteiger partial charge is 0.00644 e. The van der Waals surface area contributed by atoms with Crippen LogP contribution in [0.4, 0.5) is 0 Å². The third-order valence-electron chi connectivity index (χ3n) is 4.17. The molecule has 3 atom stereocenters. The molecule has 0 aliphatic carbocycles. The van der Waals surface area contributed by atoms with Gasteiger partial charge in [-0.1, -0.05) is 47.5 Å². The zero-order valence-electron chi connectivity index (χ0n) is 12.4. The summed E-state index contributed by atoms with van der Waals surface area (Å²) in [6.07, 6.45) is 5.20. The van der Waals surface area contributed by atoms with Crippen molar-refractivity contribution < 1.29 is 0 Å². The molecule has 98 valence electrons. The van der Waals surface area contributed by atoms with Gasteiger partial charge in [0.05, 0.1) is 0 Å². The van der Waals surface area contributed by atoms with E-state index in [1.807, 2.05) is 0 Å². The molecule has 0 radical (unpaired) electrons. The van der Waals surface area contributed by atoms with Crippen molar-refractivity contribution >= 4 is 0 Å². The van der Waals surface area contributed by atoms with Gasteiger partial charge in [0.15, 0.2) is 0 Å². The van der Waals surface area contributed by atoms with Crippen LogP contribution in [-0.4, -0.2) is 24.0 Å². The van der Waals surface area contributed by atoms with Crippen LogP contribution < -0.4 is 0 Å². The molecule has 0 amide bonds. The fraction of sp³-hybridized carbons (Fsp3) is 1.00. The first-order valence-corrected chi connectivity index (χ1v) is 7.34. The molecule has 1 nitrogen and oxygen atoms in total. The van der Waals surface area contributed by atoms with Crippen molar-refractivity contribution in [2.75, 3.05) is 13.1 Å². The lowest BCUT2D eigenvalue weighted by atomic mass is 9.88. The Morgan fingerprint density at radius 1 is 0.875 bits per heavy atom. The molecule has 1 heteroatoms.